The summed E-state index contributed by atoms with van der Waals surface area (Å²) in [6.45, 7) is 7.12. The summed E-state index contributed by atoms with van der Waals surface area (Å²) in [4.78, 5) is 16.1. The number of halogens is 1. The summed E-state index contributed by atoms with van der Waals surface area (Å²) in [5.41, 5.74) is 7.38. The molecule has 0 fully saturated rings. The molecule has 0 bridgehead atoms. The molecule has 0 aliphatic rings. The van der Waals surface area contributed by atoms with Gasteiger partial charge < -0.3 is 14.5 Å². The van der Waals surface area contributed by atoms with Crippen LogP contribution in [0.1, 0.15) is 0 Å². The lowest BCUT2D eigenvalue weighted by Gasteiger charge is -2.10. The highest BCUT2D eigenvalue weighted by Gasteiger charge is 2.15. The molecule has 0 aliphatic heterocycles. The third-order valence-corrected chi connectivity index (χ3v) is 7.19. The number of methoxy groups -OCH3 is 2. The summed E-state index contributed by atoms with van der Waals surface area (Å²) < 4.78 is 12.7. The Labute approximate surface area is 253 Å². The first-order chi connectivity index (χ1) is 21.1. The number of nitrogens with one attached hydrogen (secondary N) is 1. The first kappa shape index (κ1) is 27.6. The number of aromatic nitrogens is 4. The third-order valence-electron chi connectivity index (χ3n) is 6.94. The van der Waals surface area contributed by atoms with Gasteiger partial charge >= 0.3 is 0 Å². The van der Waals surface area contributed by atoms with Crippen molar-refractivity contribution >= 4 is 39.4 Å². The molecule has 0 saturated carbocycles. The molecule has 0 saturated heterocycles. The van der Waals surface area contributed by atoms with E-state index >= 15 is 0 Å². The van der Waals surface area contributed by atoms with Crippen LogP contribution in [0.2, 0.25) is 5.02 Å². The van der Waals surface area contributed by atoms with Crippen molar-refractivity contribution in [3.8, 4) is 40.0 Å². The van der Waals surface area contributed by atoms with E-state index in [1.807, 2.05) is 103 Å². The molecular weight excluding hydrogens is 558 g/mol. The predicted octanol–water partition coefficient (Wildman–Crippen LogP) is 9.14. The topological polar surface area (TPSA) is 69.3 Å². The number of rotatable bonds is 5. The second-order valence-electron chi connectivity index (χ2n) is 9.60. The molecule has 7 rings (SSSR count). The summed E-state index contributed by atoms with van der Waals surface area (Å²) in [6, 6.07) is 36.8. The van der Waals surface area contributed by atoms with Crippen molar-refractivity contribution in [2.45, 2.75) is 0 Å². The number of hydrogen-bond acceptors (Lipinski definition) is 4. The van der Waals surface area contributed by atoms with Crippen molar-refractivity contribution < 1.29 is 9.47 Å². The molecule has 7 nitrogen and oxygen atoms in total. The number of imidazole rings is 2. The van der Waals surface area contributed by atoms with E-state index in [1.165, 1.54) is 0 Å². The van der Waals surface area contributed by atoms with Crippen LogP contribution in [0, 0.1) is 6.57 Å². The number of benzene rings is 5. The molecule has 5 aromatic carbocycles. The smallest absolute Gasteiger partial charge is 0.187 e. The average Bonchev–Trinajstić information content (AvgIpc) is 3.67. The number of aromatic amines is 1. The summed E-state index contributed by atoms with van der Waals surface area (Å²) in [5.74, 6) is 3.27. The molecule has 1 N–H and O–H groups in total. The normalized spacial score (nSPS) is 10.7. The van der Waals surface area contributed by atoms with Crippen LogP contribution in [0.15, 0.2) is 115 Å². The molecule has 210 valence electrons. The molecular formula is C35H26ClN5O2. The van der Waals surface area contributed by atoms with Gasteiger partial charge in [0.15, 0.2) is 5.69 Å². The maximum Gasteiger partial charge on any atom is 0.187 e. The van der Waals surface area contributed by atoms with Gasteiger partial charge in [-0.05, 0) is 60.7 Å². The fourth-order valence-corrected chi connectivity index (χ4v) is 4.89. The van der Waals surface area contributed by atoms with Gasteiger partial charge in [0.1, 0.15) is 23.1 Å². The van der Waals surface area contributed by atoms with Crippen LogP contribution in [0.3, 0.4) is 0 Å². The van der Waals surface area contributed by atoms with Crippen molar-refractivity contribution in [3.05, 3.63) is 132 Å². The average molecular weight is 584 g/mol. The van der Waals surface area contributed by atoms with Crippen LogP contribution in [-0.2, 0) is 0 Å². The first-order valence-electron chi connectivity index (χ1n) is 13.5. The summed E-state index contributed by atoms with van der Waals surface area (Å²) in [7, 11) is 3.31. The van der Waals surface area contributed by atoms with Crippen molar-refractivity contribution in [1.29, 1.82) is 0 Å². The Bertz CT molecular complexity index is 2060. The Morgan fingerprint density at radius 3 is 2.05 bits per heavy atom. The molecule has 43 heavy (non-hydrogen) atoms. The third kappa shape index (κ3) is 5.78. The molecule has 8 heteroatoms. The zero-order chi connectivity index (χ0) is 29.8. The largest absolute Gasteiger partial charge is 0.497 e. The molecule has 0 radical (unpaired) electrons. The maximum absolute atomic E-state index is 7.12. The van der Waals surface area contributed by atoms with Gasteiger partial charge in [-0.1, -0.05) is 54.1 Å². The maximum atomic E-state index is 7.12. The SMILES string of the molecule is COc1ccc2nc(-c3ccc(Cl)cc3)[nH]c2c1.[C-]#[N+]c1ccc(-c2nc3ccc(OC)cc3n2-c2ccccc2)cc1. The highest BCUT2D eigenvalue weighted by atomic mass is 35.5. The molecule has 2 aromatic heterocycles. The molecule has 0 aliphatic carbocycles. The fraction of sp³-hybridized carbons (Fsp3) is 0.0571. The first-order valence-corrected chi connectivity index (χ1v) is 13.8. The van der Waals surface area contributed by atoms with E-state index in [0.29, 0.717) is 5.69 Å². The van der Waals surface area contributed by atoms with E-state index in [-0.39, 0.29) is 0 Å². The Balaban J connectivity index is 0.000000162. The standard InChI is InChI=1S/C21H15N3O.C14H11ClN2O/c1-22-16-10-8-15(9-11-16)21-23-19-13-12-18(25-2)14-20(19)24(21)17-6-4-3-5-7-17;1-18-11-6-7-12-13(8-11)17-14(16-12)9-2-4-10(15)5-3-9/h3-14H,2H3;2-8H,1H3,(H,16,17). The van der Waals surface area contributed by atoms with E-state index in [2.05, 4.69) is 31.5 Å². The number of nitrogens with zero attached hydrogens (tertiary/aromatic N) is 4. The molecule has 0 atom stereocenters. The Hall–Kier alpha value is -5.58. The Morgan fingerprint density at radius 2 is 1.37 bits per heavy atom. The van der Waals surface area contributed by atoms with Gasteiger partial charge in [-0.2, -0.15) is 0 Å². The van der Waals surface area contributed by atoms with E-state index in [4.69, 9.17) is 32.6 Å². The number of ether oxygens (including phenoxy) is 2. The van der Waals surface area contributed by atoms with Crippen LogP contribution in [0.4, 0.5) is 5.69 Å². The zero-order valence-electron chi connectivity index (χ0n) is 23.5. The van der Waals surface area contributed by atoms with Gasteiger partial charge in [-0.3, -0.25) is 4.57 Å². The molecule has 0 spiro atoms. The van der Waals surface area contributed by atoms with Gasteiger partial charge in [0, 0.05) is 34.0 Å². The molecule has 0 amide bonds. The molecule has 0 unspecified atom stereocenters. The van der Waals surface area contributed by atoms with Gasteiger partial charge in [0.25, 0.3) is 0 Å². The lowest BCUT2D eigenvalue weighted by Crippen LogP contribution is -1.97. The van der Waals surface area contributed by atoms with Crippen LogP contribution >= 0.6 is 11.6 Å². The highest BCUT2D eigenvalue weighted by Crippen LogP contribution is 2.31. The van der Waals surface area contributed by atoms with E-state index in [9.17, 15) is 0 Å². The predicted molar refractivity (Wildman–Crippen MR) is 172 cm³/mol. The quantitative estimate of drug-likeness (QED) is 0.205. The Morgan fingerprint density at radius 1 is 0.721 bits per heavy atom. The van der Waals surface area contributed by atoms with Crippen molar-refractivity contribution in [2.75, 3.05) is 14.2 Å². The van der Waals surface area contributed by atoms with E-state index in [1.54, 1.807) is 14.2 Å². The van der Waals surface area contributed by atoms with Crippen LogP contribution in [0.5, 0.6) is 11.5 Å². The monoisotopic (exact) mass is 583 g/mol. The summed E-state index contributed by atoms with van der Waals surface area (Å²) >= 11 is 5.87. The lowest BCUT2D eigenvalue weighted by molar-refractivity contribution is 0.415. The summed E-state index contributed by atoms with van der Waals surface area (Å²) in [5, 5.41) is 0.719. The number of H-pyrrole nitrogens is 1. The summed E-state index contributed by atoms with van der Waals surface area (Å²) in [6.07, 6.45) is 0. The van der Waals surface area contributed by atoms with Crippen LogP contribution in [0.25, 0.3) is 55.4 Å². The van der Waals surface area contributed by atoms with E-state index < -0.39 is 0 Å². The van der Waals surface area contributed by atoms with Crippen molar-refractivity contribution in [3.63, 3.8) is 0 Å². The van der Waals surface area contributed by atoms with Crippen molar-refractivity contribution in [1.82, 2.24) is 19.5 Å². The lowest BCUT2D eigenvalue weighted by atomic mass is 10.2. The highest BCUT2D eigenvalue weighted by molar-refractivity contribution is 6.30. The van der Waals surface area contributed by atoms with Gasteiger partial charge in [0.2, 0.25) is 0 Å². The number of para-hydroxylation sites is 1. The van der Waals surface area contributed by atoms with Gasteiger partial charge in [0.05, 0.1) is 42.9 Å². The number of hydrogen-bond donors (Lipinski definition) is 1. The Kier molecular flexibility index (Phi) is 7.77. The van der Waals surface area contributed by atoms with Gasteiger partial charge in [-0.25, -0.2) is 14.8 Å². The minimum Gasteiger partial charge on any atom is -0.497 e. The van der Waals surface area contributed by atoms with E-state index in [0.717, 1.165) is 67.1 Å². The number of fused-ring (bicyclic) bond motifs is 2. The minimum absolute atomic E-state index is 0.618. The van der Waals surface area contributed by atoms with Crippen molar-refractivity contribution in [2.24, 2.45) is 0 Å². The fourth-order valence-electron chi connectivity index (χ4n) is 4.76. The molecule has 7 aromatic rings. The second-order valence-corrected chi connectivity index (χ2v) is 10.0. The zero-order valence-corrected chi connectivity index (χ0v) is 24.2. The van der Waals surface area contributed by atoms with Crippen LogP contribution in [-0.4, -0.2) is 33.7 Å². The van der Waals surface area contributed by atoms with Gasteiger partial charge in [-0.15, -0.1) is 0 Å². The van der Waals surface area contributed by atoms with Crippen LogP contribution < -0.4 is 9.47 Å². The molecule has 2 heterocycles. The second kappa shape index (κ2) is 12.1. The minimum atomic E-state index is 0.618.